The zero-order valence-corrected chi connectivity index (χ0v) is 17.4. The van der Waals surface area contributed by atoms with Crippen molar-refractivity contribution in [3.05, 3.63) is 65.1 Å². The molecule has 13 heteroatoms. The van der Waals surface area contributed by atoms with Crippen LogP contribution in [-0.2, 0) is 18.3 Å². The fourth-order valence-electron chi connectivity index (χ4n) is 3.78. The van der Waals surface area contributed by atoms with Gasteiger partial charge in [0.1, 0.15) is 6.04 Å². The SMILES string of the molecule is CC(C)(F)c1nnc(C(=O)N2CCc3[nH]cnc3[C@H]2c2cc3ccc(C(F)(F)F)cn3n2)o1. The van der Waals surface area contributed by atoms with Crippen LogP contribution < -0.4 is 0 Å². The lowest BCUT2D eigenvalue weighted by Gasteiger charge is -2.32. The number of rotatable bonds is 3. The number of hydrogen-bond acceptors (Lipinski definition) is 6. The Morgan fingerprint density at radius 2 is 2.00 bits per heavy atom. The smallest absolute Gasteiger partial charge is 0.413 e. The maximum absolute atomic E-state index is 14.1. The van der Waals surface area contributed by atoms with Gasteiger partial charge in [0.05, 0.1) is 28.8 Å². The molecule has 1 aliphatic heterocycles. The number of aromatic amines is 1. The molecule has 0 fully saturated rings. The lowest BCUT2D eigenvalue weighted by atomic mass is 9.99. The van der Waals surface area contributed by atoms with Gasteiger partial charge in [-0.05, 0) is 32.0 Å². The van der Waals surface area contributed by atoms with E-state index in [-0.39, 0.29) is 12.4 Å². The number of amides is 1. The first-order valence-corrected chi connectivity index (χ1v) is 9.95. The normalized spacial score (nSPS) is 16.9. The average molecular weight is 463 g/mol. The van der Waals surface area contributed by atoms with Gasteiger partial charge >= 0.3 is 18.0 Å². The predicted octanol–water partition coefficient (Wildman–Crippen LogP) is 3.45. The number of alkyl halides is 4. The molecule has 1 aliphatic rings. The van der Waals surface area contributed by atoms with E-state index in [9.17, 15) is 22.4 Å². The van der Waals surface area contributed by atoms with Gasteiger partial charge in [-0.2, -0.15) is 18.3 Å². The number of hydrogen-bond donors (Lipinski definition) is 1. The first-order valence-electron chi connectivity index (χ1n) is 9.95. The second-order valence-corrected chi connectivity index (χ2v) is 8.16. The number of halogens is 4. The van der Waals surface area contributed by atoms with Crippen molar-refractivity contribution >= 4 is 11.4 Å². The lowest BCUT2D eigenvalue weighted by Crippen LogP contribution is -2.41. The van der Waals surface area contributed by atoms with E-state index in [0.717, 1.165) is 22.5 Å². The van der Waals surface area contributed by atoms with Crippen molar-refractivity contribution in [1.82, 2.24) is 34.7 Å². The van der Waals surface area contributed by atoms with Gasteiger partial charge in [0.15, 0.2) is 5.67 Å². The third-order valence-corrected chi connectivity index (χ3v) is 5.39. The molecule has 0 aromatic carbocycles. The van der Waals surface area contributed by atoms with Crippen LogP contribution in [0.25, 0.3) is 5.52 Å². The highest BCUT2D eigenvalue weighted by molar-refractivity contribution is 5.90. The van der Waals surface area contributed by atoms with Crippen LogP contribution in [0.4, 0.5) is 17.6 Å². The third-order valence-electron chi connectivity index (χ3n) is 5.39. The number of carbonyl (C=O) groups excluding carboxylic acids is 1. The number of imidazole rings is 1. The first kappa shape index (κ1) is 21.1. The van der Waals surface area contributed by atoms with E-state index in [4.69, 9.17) is 4.42 Å². The predicted molar refractivity (Wildman–Crippen MR) is 104 cm³/mol. The Labute approximate surface area is 183 Å². The largest absolute Gasteiger partial charge is 0.417 e. The summed E-state index contributed by atoms with van der Waals surface area (Å²) in [4.78, 5) is 21.9. The summed E-state index contributed by atoms with van der Waals surface area (Å²) in [5.74, 6) is -1.40. The molecule has 33 heavy (non-hydrogen) atoms. The molecular formula is C20H17F4N7O2. The summed E-state index contributed by atoms with van der Waals surface area (Å²) >= 11 is 0. The molecule has 0 bridgehead atoms. The Kier molecular flexibility index (Phi) is 4.55. The van der Waals surface area contributed by atoms with Gasteiger partial charge in [0.25, 0.3) is 5.89 Å². The zero-order valence-electron chi connectivity index (χ0n) is 17.4. The summed E-state index contributed by atoms with van der Waals surface area (Å²) in [7, 11) is 0. The van der Waals surface area contributed by atoms with Crippen LogP contribution in [0, 0.1) is 0 Å². The Bertz CT molecular complexity index is 1350. The maximum atomic E-state index is 14.1. The number of pyridine rings is 1. The van der Waals surface area contributed by atoms with Gasteiger partial charge in [0, 0.05) is 24.9 Å². The fraction of sp³-hybridized carbons (Fsp3) is 0.350. The van der Waals surface area contributed by atoms with E-state index in [1.165, 1.54) is 31.1 Å². The number of nitrogens with one attached hydrogen (secondary N) is 1. The van der Waals surface area contributed by atoms with E-state index < -0.39 is 35.2 Å². The standard InChI is InChI=1S/C20H17F4N7O2/c1-19(2,21)18-28-27-16(33-18)17(32)30-6-5-12-14(26-9-25-12)15(30)13-7-11-4-3-10(20(22,23)24)8-31(11)29-13/h3-4,7-9,15H,5-6H2,1-2H3,(H,25,26)/t15-/m1/s1. The van der Waals surface area contributed by atoms with Crippen molar-refractivity contribution in [2.75, 3.05) is 6.54 Å². The van der Waals surface area contributed by atoms with Crippen molar-refractivity contribution in [3.63, 3.8) is 0 Å². The molecule has 0 spiro atoms. The van der Waals surface area contributed by atoms with Crippen molar-refractivity contribution in [2.45, 2.75) is 38.2 Å². The fourth-order valence-corrected chi connectivity index (χ4v) is 3.78. The van der Waals surface area contributed by atoms with Crippen molar-refractivity contribution in [1.29, 1.82) is 0 Å². The van der Waals surface area contributed by atoms with E-state index in [1.807, 2.05) is 0 Å². The van der Waals surface area contributed by atoms with E-state index >= 15 is 0 Å². The summed E-state index contributed by atoms with van der Waals surface area (Å²) in [6.45, 7) is 2.66. The van der Waals surface area contributed by atoms with Gasteiger partial charge < -0.3 is 14.3 Å². The molecule has 172 valence electrons. The summed E-state index contributed by atoms with van der Waals surface area (Å²) < 4.78 is 59.9. The summed E-state index contributed by atoms with van der Waals surface area (Å²) in [6, 6.07) is 3.02. The number of nitrogens with zero attached hydrogens (tertiary/aromatic N) is 6. The van der Waals surface area contributed by atoms with Crippen LogP contribution in [0.1, 0.15) is 59.1 Å². The van der Waals surface area contributed by atoms with Gasteiger partial charge in [-0.15, -0.1) is 10.2 Å². The van der Waals surface area contributed by atoms with Gasteiger partial charge in [0.2, 0.25) is 0 Å². The zero-order chi connectivity index (χ0) is 23.5. The molecule has 9 nitrogen and oxygen atoms in total. The minimum Gasteiger partial charge on any atom is -0.413 e. The number of aromatic nitrogens is 6. The quantitative estimate of drug-likeness (QED) is 0.467. The molecule has 0 saturated heterocycles. The van der Waals surface area contributed by atoms with Gasteiger partial charge in [-0.1, -0.05) is 0 Å². The molecule has 0 unspecified atom stereocenters. The average Bonchev–Trinajstić information content (AvgIpc) is 3.49. The summed E-state index contributed by atoms with van der Waals surface area (Å²) in [6.07, 6.45) is -1.73. The Hall–Kier alpha value is -3.77. The Morgan fingerprint density at radius 1 is 1.21 bits per heavy atom. The monoisotopic (exact) mass is 463 g/mol. The van der Waals surface area contributed by atoms with Crippen molar-refractivity contribution in [2.24, 2.45) is 0 Å². The molecule has 0 saturated carbocycles. The number of carbonyl (C=O) groups is 1. The molecule has 4 aromatic rings. The van der Waals surface area contributed by atoms with Crippen LogP contribution in [0.15, 0.2) is 35.1 Å². The minimum absolute atomic E-state index is 0.219. The number of fused-ring (bicyclic) bond motifs is 2. The molecule has 1 amide bonds. The van der Waals surface area contributed by atoms with Crippen molar-refractivity contribution < 1.29 is 26.8 Å². The minimum atomic E-state index is -4.53. The molecule has 1 N–H and O–H groups in total. The lowest BCUT2D eigenvalue weighted by molar-refractivity contribution is -0.137. The number of H-pyrrole nitrogens is 1. The summed E-state index contributed by atoms with van der Waals surface area (Å²) in [5.41, 5.74) is -0.796. The Morgan fingerprint density at radius 3 is 2.70 bits per heavy atom. The van der Waals surface area contributed by atoms with E-state index in [2.05, 4.69) is 25.3 Å². The molecule has 0 radical (unpaired) electrons. The highest BCUT2D eigenvalue weighted by Crippen LogP contribution is 2.35. The third kappa shape index (κ3) is 3.62. The maximum Gasteiger partial charge on any atom is 0.417 e. The molecular weight excluding hydrogens is 446 g/mol. The first-order chi connectivity index (χ1) is 15.5. The highest BCUT2D eigenvalue weighted by atomic mass is 19.4. The summed E-state index contributed by atoms with van der Waals surface area (Å²) in [5, 5.41) is 11.6. The molecule has 5 rings (SSSR count). The van der Waals surface area contributed by atoms with Crippen LogP contribution in [-0.4, -0.2) is 47.1 Å². The van der Waals surface area contributed by atoms with Gasteiger partial charge in [-0.3, -0.25) is 4.79 Å². The molecule has 1 atom stereocenters. The Balaban J connectivity index is 1.57. The van der Waals surface area contributed by atoms with Crippen LogP contribution >= 0.6 is 0 Å². The van der Waals surface area contributed by atoms with Crippen LogP contribution in [0.3, 0.4) is 0 Å². The van der Waals surface area contributed by atoms with E-state index in [1.54, 1.807) is 6.07 Å². The highest BCUT2D eigenvalue weighted by Gasteiger charge is 2.39. The molecule has 0 aliphatic carbocycles. The van der Waals surface area contributed by atoms with Crippen LogP contribution in [0.5, 0.6) is 0 Å². The topological polar surface area (TPSA) is 105 Å². The van der Waals surface area contributed by atoms with Crippen LogP contribution in [0.2, 0.25) is 0 Å². The second kappa shape index (κ2) is 7.12. The molecule has 4 aromatic heterocycles. The van der Waals surface area contributed by atoms with Gasteiger partial charge in [-0.25, -0.2) is 13.9 Å². The second-order valence-electron chi connectivity index (χ2n) is 8.16. The van der Waals surface area contributed by atoms with Crippen molar-refractivity contribution in [3.8, 4) is 0 Å². The molecule has 5 heterocycles. The van der Waals surface area contributed by atoms with E-state index in [0.29, 0.717) is 23.3 Å².